The van der Waals surface area contributed by atoms with Gasteiger partial charge in [-0.25, -0.2) is 4.98 Å². The molecule has 0 saturated carbocycles. The Morgan fingerprint density at radius 1 is 1.24 bits per heavy atom. The van der Waals surface area contributed by atoms with Gasteiger partial charge in [0.2, 0.25) is 0 Å². The Hall–Kier alpha value is -1.46. The number of nitrogens with one attached hydrogen (secondary N) is 1. The average Bonchev–Trinajstić information content (AvgIpc) is 2.53. The van der Waals surface area contributed by atoms with Gasteiger partial charge in [-0.15, -0.1) is 0 Å². The van der Waals surface area contributed by atoms with Crippen LogP contribution < -0.4 is 5.56 Å². The van der Waals surface area contributed by atoms with Crippen molar-refractivity contribution >= 4 is 15.9 Å². The van der Waals surface area contributed by atoms with Crippen molar-refractivity contribution < 1.29 is 4.74 Å². The smallest absolute Gasteiger partial charge is 0.265 e. The summed E-state index contributed by atoms with van der Waals surface area (Å²) in [5.41, 5.74) is 1.50. The second-order valence-corrected chi connectivity index (χ2v) is 6.17. The monoisotopic (exact) mass is 348 g/mol. The minimum Gasteiger partial charge on any atom is -0.381 e. The Balaban J connectivity index is 2.19. The van der Waals surface area contributed by atoms with Crippen LogP contribution in [0, 0.1) is 6.92 Å². The van der Waals surface area contributed by atoms with Gasteiger partial charge in [-0.3, -0.25) is 4.79 Å². The second kappa shape index (κ2) is 5.73. The number of aryl methyl sites for hydroxylation is 1. The molecular formula is C16H17BrN2O2. The fourth-order valence-corrected chi connectivity index (χ4v) is 3.13. The summed E-state index contributed by atoms with van der Waals surface area (Å²) in [6, 6.07) is 10.2. The quantitative estimate of drug-likeness (QED) is 0.907. The van der Waals surface area contributed by atoms with Crippen LogP contribution in [0.3, 0.4) is 0 Å². The highest BCUT2D eigenvalue weighted by atomic mass is 79.9. The van der Waals surface area contributed by atoms with Crippen LogP contribution in [-0.4, -0.2) is 23.2 Å². The highest BCUT2D eigenvalue weighted by Gasteiger charge is 2.38. The average molecular weight is 349 g/mol. The first kappa shape index (κ1) is 14.5. The molecule has 4 nitrogen and oxygen atoms in total. The van der Waals surface area contributed by atoms with E-state index in [4.69, 9.17) is 4.74 Å². The molecule has 2 aromatic rings. The molecule has 0 radical (unpaired) electrons. The van der Waals surface area contributed by atoms with E-state index in [2.05, 4.69) is 38.0 Å². The fraction of sp³-hybridized carbons (Fsp3) is 0.375. The summed E-state index contributed by atoms with van der Waals surface area (Å²) in [5.74, 6) is 0.739. The third kappa shape index (κ3) is 2.56. The van der Waals surface area contributed by atoms with Gasteiger partial charge in [0.25, 0.3) is 5.56 Å². The van der Waals surface area contributed by atoms with Crippen molar-refractivity contribution in [3.05, 3.63) is 62.2 Å². The summed E-state index contributed by atoms with van der Waals surface area (Å²) in [4.78, 5) is 19.7. The number of aromatic nitrogens is 2. The number of halogens is 1. The summed E-state index contributed by atoms with van der Waals surface area (Å²) in [6.07, 6.45) is 1.64. The second-order valence-electron chi connectivity index (χ2n) is 5.37. The molecule has 0 atom stereocenters. The molecule has 0 amide bonds. The van der Waals surface area contributed by atoms with Crippen LogP contribution in [0.4, 0.5) is 0 Å². The van der Waals surface area contributed by atoms with Gasteiger partial charge in [0.15, 0.2) is 0 Å². The van der Waals surface area contributed by atoms with Crippen molar-refractivity contribution in [3.8, 4) is 0 Å². The standard InChI is InChI=1S/C16H17BrN2O2/c1-11-13(17)14(20)19-15(18-11)16(7-9-21-10-8-16)12-5-3-2-4-6-12/h2-6H,7-10H2,1H3,(H,18,19,20). The van der Waals surface area contributed by atoms with Crippen molar-refractivity contribution in [2.45, 2.75) is 25.2 Å². The zero-order valence-corrected chi connectivity index (χ0v) is 13.4. The Kier molecular flexibility index (Phi) is 3.95. The van der Waals surface area contributed by atoms with Gasteiger partial charge in [-0.2, -0.15) is 0 Å². The van der Waals surface area contributed by atoms with E-state index in [0.717, 1.165) is 24.4 Å². The van der Waals surface area contributed by atoms with E-state index in [1.54, 1.807) is 0 Å². The van der Waals surface area contributed by atoms with Crippen LogP contribution in [0.2, 0.25) is 0 Å². The Morgan fingerprint density at radius 3 is 2.52 bits per heavy atom. The highest BCUT2D eigenvalue weighted by molar-refractivity contribution is 9.10. The van der Waals surface area contributed by atoms with E-state index < -0.39 is 0 Å². The van der Waals surface area contributed by atoms with Crippen LogP contribution in [0.15, 0.2) is 39.6 Å². The Morgan fingerprint density at radius 2 is 1.90 bits per heavy atom. The summed E-state index contributed by atoms with van der Waals surface area (Å²) in [7, 11) is 0. The van der Waals surface area contributed by atoms with Crippen molar-refractivity contribution in [1.29, 1.82) is 0 Å². The largest absolute Gasteiger partial charge is 0.381 e. The van der Waals surface area contributed by atoms with Crippen molar-refractivity contribution in [2.75, 3.05) is 13.2 Å². The fourth-order valence-electron chi connectivity index (χ4n) is 2.94. The van der Waals surface area contributed by atoms with E-state index in [0.29, 0.717) is 17.7 Å². The van der Waals surface area contributed by atoms with Crippen LogP contribution >= 0.6 is 15.9 Å². The molecule has 110 valence electrons. The number of H-pyrrole nitrogens is 1. The maximum Gasteiger partial charge on any atom is 0.265 e. The summed E-state index contributed by atoms with van der Waals surface area (Å²) >= 11 is 3.28. The van der Waals surface area contributed by atoms with E-state index in [1.165, 1.54) is 5.56 Å². The first-order valence-corrected chi connectivity index (χ1v) is 7.83. The molecule has 1 aliphatic rings. The number of ether oxygens (including phenoxy) is 1. The molecule has 1 aromatic heterocycles. The van der Waals surface area contributed by atoms with Gasteiger partial charge >= 0.3 is 0 Å². The first-order chi connectivity index (χ1) is 10.1. The lowest BCUT2D eigenvalue weighted by molar-refractivity contribution is 0.0603. The molecule has 1 N–H and O–H groups in total. The van der Waals surface area contributed by atoms with Crippen LogP contribution in [0.25, 0.3) is 0 Å². The lowest BCUT2D eigenvalue weighted by Crippen LogP contribution is -2.38. The summed E-state index contributed by atoms with van der Waals surface area (Å²) in [5, 5.41) is 0. The number of rotatable bonds is 2. The molecule has 1 fully saturated rings. The molecule has 21 heavy (non-hydrogen) atoms. The number of benzene rings is 1. The number of hydrogen-bond donors (Lipinski definition) is 1. The van der Waals surface area contributed by atoms with Crippen LogP contribution in [-0.2, 0) is 10.2 Å². The molecule has 0 spiro atoms. The maximum atomic E-state index is 12.1. The van der Waals surface area contributed by atoms with Crippen molar-refractivity contribution in [3.63, 3.8) is 0 Å². The molecule has 1 aliphatic heterocycles. The minimum absolute atomic E-state index is 0.126. The highest BCUT2D eigenvalue weighted by Crippen LogP contribution is 2.39. The molecule has 5 heteroatoms. The lowest BCUT2D eigenvalue weighted by atomic mass is 9.73. The maximum absolute atomic E-state index is 12.1. The third-order valence-electron chi connectivity index (χ3n) is 4.15. The molecule has 0 aliphatic carbocycles. The number of aromatic amines is 1. The van der Waals surface area contributed by atoms with Gasteiger partial charge in [-0.05, 0) is 41.3 Å². The van der Waals surface area contributed by atoms with Crippen LogP contribution in [0.1, 0.15) is 29.9 Å². The van der Waals surface area contributed by atoms with E-state index in [1.807, 2.05) is 25.1 Å². The molecule has 0 unspecified atom stereocenters. The molecule has 1 aromatic carbocycles. The van der Waals surface area contributed by atoms with Gasteiger partial charge in [0.05, 0.1) is 11.1 Å². The molecule has 0 bridgehead atoms. The zero-order valence-electron chi connectivity index (χ0n) is 11.9. The molecular weight excluding hydrogens is 332 g/mol. The van der Waals surface area contributed by atoms with Gasteiger partial charge in [0.1, 0.15) is 10.3 Å². The zero-order chi connectivity index (χ0) is 14.9. The minimum atomic E-state index is -0.274. The Bertz CT molecular complexity index is 691. The molecule has 3 rings (SSSR count). The summed E-state index contributed by atoms with van der Waals surface area (Å²) < 4.78 is 6.02. The predicted molar refractivity (Wildman–Crippen MR) is 84.6 cm³/mol. The normalized spacial score (nSPS) is 17.6. The van der Waals surface area contributed by atoms with Gasteiger partial charge in [0, 0.05) is 13.2 Å². The van der Waals surface area contributed by atoms with Crippen LogP contribution in [0.5, 0.6) is 0 Å². The van der Waals surface area contributed by atoms with Crippen molar-refractivity contribution in [2.24, 2.45) is 0 Å². The van der Waals surface area contributed by atoms with Crippen molar-refractivity contribution in [1.82, 2.24) is 9.97 Å². The first-order valence-electron chi connectivity index (χ1n) is 7.04. The number of nitrogens with zero attached hydrogens (tertiary/aromatic N) is 1. The van der Waals surface area contributed by atoms with E-state index >= 15 is 0 Å². The molecule has 2 heterocycles. The van der Waals surface area contributed by atoms with E-state index in [-0.39, 0.29) is 11.0 Å². The topological polar surface area (TPSA) is 55.0 Å². The van der Waals surface area contributed by atoms with Gasteiger partial charge in [-0.1, -0.05) is 30.3 Å². The summed E-state index contributed by atoms with van der Waals surface area (Å²) in [6.45, 7) is 3.20. The van der Waals surface area contributed by atoms with E-state index in [9.17, 15) is 4.79 Å². The van der Waals surface area contributed by atoms with Gasteiger partial charge < -0.3 is 9.72 Å². The SMILES string of the molecule is Cc1nc(C2(c3ccccc3)CCOCC2)[nH]c(=O)c1Br. The lowest BCUT2D eigenvalue weighted by Gasteiger charge is -2.36. The predicted octanol–water partition coefficient (Wildman–Crippen LogP) is 2.94. The Labute approximate surface area is 131 Å². The number of hydrogen-bond acceptors (Lipinski definition) is 3. The third-order valence-corrected chi connectivity index (χ3v) is 5.09. The molecule has 1 saturated heterocycles.